The molecule has 0 aliphatic carbocycles. The average Bonchev–Trinajstić information content (AvgIpc) is 2.04. The summed E-state index contributed by atoms with van der Waals surface area (Å²) in [5.41, 5.74) is 0. The number of carbonyl (C=O) groups is 1. The third-order valence-corrected chi connectivity index (χ3v) is 2.11. The number of hydrogen-bond acceptors (Lipinski definition) is 1. The van der Waals surface area contributed by atoms with Crippen LogP contribution < -0.4 is 5.32 Å². The molecule has 0 radical (unpaired) electrons. The van der Waals surface area contributed by atoms with Gasteiger partial charge in [-0.25, -0.2) is 0 Å². The van der Waals surface area contributed by atoms with Crippen molar-refractivity contribution in [3.8, 4) is 12.3 Å². The molecule has 0 fully saturated rings. The first-order valence-corrected chi connectivity index (χ1v) is 4.80. The highest BCUT2D eigenvalue weighted by Crippen LogP contribution is 2.01. The van der Waals surface area contributed by atoms with Crippen LogP contribution in [0.4, 0.5) is 0 Å². The highest BCUT2D eigenvalue weighted by Gasteiger charge is 2.09. The van der Waals surface area contributed by atoms with E-state index < -0.39 is 0 Å². The van der Waals surface area contributed by atoms with E-state index in [-0.39, 0.29) is 11.9 Å². The van der Waals surface area contributed by atoms with E-state index in [9.17, 15) is 4.79 Å². The zero-order valence-corrected chi connectivity index (χ0v) is 8.76. The lowest BCUT2D eigenvalue weighted by Gasteiger charge is -2.17. The summed E-state index contributed by atoms with van der Waals surface area (Å²) in [6.45, 7) is 6.20. The predicted octanol–water partition coefficient (Wildman–Crippen LogP) is 1.95. The van der Waals surface area contributed by atoms with Gasteiger partial charge >= 0.3 is 0 Å². The molecule has 0 aromatic rings. The van der Waals surface area contributed by atoms with Crippen molar-refractivity contribution in [1.82, 2.24) is 5.32 Å². The van der Waals surface area contributed by atoms with Gasteiger partial charge in [-0.05, 0) is 19.3 Å². The van der Waals surface area contributed by atoms with E-state index in [1.54, 1.807) is 0 Å². The van der Waals surface area contributed by atoms with Gasteiger partial charge in [0.25, 0.3) is 0 Å². The second-order valence-corrected chi connectivity index (χ2v) is 3.66. The van der Waals surface area contributed by atoms with Gasteiger partial charge in [-0.1, -0.05) is 13.8 Å². The summed E-state index contributed by atoms with van der Waals surface area (Å²) >= 11 is 0. The number of nitrogens with one attached hydrogen (secondary N) is 1. The summed E-state index contributed by atoms with van der Waals surface area (Å²) in [7, 11) is 0. The van der Waals surface area contributed by atoms with Crippen LogP contribution in [0.15, 0.2) is 0 Å². The standard InChI is InChI=1S/C11H19NO/c1-5-6-7-8-11(13)12-10(4)9(2)3/h1,9-10H,6-8H2,2-4H3,(H,12,13). The molecule has 0 aliphatic heterocycles. The van der Waals surface area contributed by atoms with E-state index in [0.717, 1.165) is 6.42 Å². The quantitative estimate of drug-likeness (QED) is 0.510. The van der Waals surface area contributed by atoms with Crippen molar-refractivity contribution in [3.05, 3.63) is 0 Å². The molecule has 1 amide bonds. The number of hydrogen-bond donors (Lipinski definition) is 1. The van der Waals surface area contributed by atoms with Gasteiger partial charge in [0.1, 0.15) is 0 Å². The van der Waals surface area contributed by atoms with Gasteiger partial charge in [0.05, 0.1) is 0 Å². The largest absolute Gasteiger partial charge is 0.353 e. The molecule has 13 heavy (non-hydrogen) atoms. The van der Waals surface area contributed by atoms with Crippen molar-refractivity contribution >= 4 is 5.91 Å². The maximum Gasteiger partial charge on any atom is 0.220 e. The summed E-state index contributed by atoms with van der Waals surface area (Å²) in [5.74, 6) is 3.11. The van der Waals surface area contributed by atoms with Gasteiger partial charge in [-0.3, -0.25) is 4.79 Å². The van der Waals surface area contributed by atoms with Crippen LogP contribution >= 0.6 is 0 Å². The first kappa shape index (κ1) is 12.0. The Morgan fingerprint density at radius 2 is 2.08 bits per heavy atom. The molecule has 2 heteroatoms. The van der Waals surface area contributed by atoms with Crippen LogP contribution in [0.5, 0.6) is 0 Å². The summed E-state index contributed by atoms with van der Waals surface area (Å²) in [5, 5.41) is 2.93. The van der Waals surface area contributed by atoms with Crippen LogP contribution in [-0.4, -0.2) is 11.9 Å². The predicted molar refractivity (Wildman–Crippen MR) is 55.1 cm³/mol. The molecule has 1 atom stereocenters. The fraction of sp³-hybridized carbons (Fsp3) is 0.727. The number of unbranched alkanes of at least 4 members (excludes halogenated alkanes) is 1. The van der Waals surface area contributed by atoms with Crippen LogP contribution in [0.1, 0.15) is 40.0 Å². The Morgan fingerprint density at radius 1 is 1.46 bits per heavy atom. The molecule has 0 aromatic carbocycles. The molecule has 0 rings (SSSR count). The summed E-state index contributed by atoms with van der Waals surface area (Å²) in [6.07, 6.45) is 7.09. The molecule has 74 valence electrons. The summed E-state index contributed by atoms with van der Waals surface area (Å²) in [4.78, 5) is 11.3. The van der Waals surface area contributed by atoms with Gasteiger partial charge in [-0.2, -0.15) is 0 Å². The van der Waals surface area contributed by atoms with Crippen molar-refractivity contribution in [2.75, 3.05) is 0 Å². The van der Waals surface area contributed by atoms with E-state index in [0.29, 0.717) is 18.8 Å². The minimum absolute atomic E-state index is 0.108. The van der Waals surface area contributed by atoms with E-state index in [1.807, 2.05) is 6.92 Å². The fourth-order valence-corrected chi connectivity index (χ4v) is 0.844. The molecule has 0 aromatic heterocycles. The number of rotatable bonds is 5. The summed E-state index contributed by atoms with van der Waals surface area (Å²) in [6, 6.07) is 0.248. The molecule has 2 nitrogen and oxygen atoms in total. The Morgan fingerprint density at radius 3 is 2.54 bits per heavy atom. The van der Waals surface area contributed by atoms with Gasteiger partial charge in [0.2, 0.25) is 5.91 Å². The van der Waals surface area contributed by atoms with Crippen molar-refractivity contribution < 1.29 is 4.79 Å². The van der Waals surface area contributed by atoms with E-state index in [1.165, 1.54) is 0 Å². The van der Waals surface area contributed by atoms with Crippen LogP contribution in [0.3, 0.4) is 0 Å². The van der Waals surface area contributed by atoms with Crippen molar-refractivity contribution in [3.63, 3.8) is 0 Å². The second-order valence-electron chi connectivity index (χ2n) is 3.66. The highest BCUT2D eigenvalue weighted by atomic mass is 16.1. The van der Waals surface area contributed by atoms with Crippen LogP contribution in [0.25, 0.3) is 0 Å². The van der Waals surface area contributed by atoms with Gasteiger partial charge in [0.15, 0.2) is 0 Å². The Labute approximate surface area is 81.1 Å². The van der Waals surface area contributed by atoms with Crippen LogP contribution in [-0.2, 0) is 4.79 Å². The third-order valence-electron chi connectivity index (χ3n) is 2.11. The first-order chi connectivity index (χ1) is 6.07. The van der Waals surface area contributed by atoms with Crippen molar-refractivity contribution in [2.45, 2.75) is 46.1 Å². The van der Waals surface area contributed by atoms with Gasteiger partial charge < -0.3 is 5.32 Å². The molecule has 1 N–H and O–H groups in total. The molecule has 0 heterocycles. The maximum atomic E-state index is 11.3. The zero-order chi connectivity index (χ0) is 10.3. The number of amides is 1. The number of carbonyl (C=O) groups excluding carboxylic acids is 1. The highest BCUT2D eigenvalue weighted by molar-refractivity contribution is 5.76. The Balaban J connectivity index is 3.57. The Hall–Kier alpha value is -0.970. The Bertz CT molecular complexity index is 191. The van der Waals surface area contributed by atoms with Crippen LogP contribution in [0.2, 0.25) is 0 Å². The lowest BCUT2D eigenvalue weighted by Crippen LogP contribution is -2.35. The van der Waals surface area contributed by atoms with E-state index in [2.05, 4.69) is 25.1 Å². The minimum atomic E-state index is 0.108. The SMILES string of the molecule is C#CCCCC(=O)NC(C)C(C)C. The maximum absolute atomic E-state index is 11.3. The molecule has 0 aliphatic rings. The molecule has 0 bridgehead atoms. The fourth-order valence-electron chi connectivity index (χ4n) is 0.844. The lowest BCUT2D eigenvalue weighted by molar-refractivity contribution is -0.122. The normalized spacial score (nSPS) is 12.2. The van der Waals surface area contributed by atoms with Gasteiger partial charge in [0, 0.05) is 18.9 Å². The Kier molecular flexibility index (Phi) is 6.05. The zero-order valence-electron chi connectivity index (χ0n) is 8.76. The molecular formula is C11H19NO. The smallest absolute Gasteiger partial charge is 0.220 e. The van der Waals surface area contributed by atoms with Gasteiger partial charge in [-0.15, -0.1) is 12.3 Å². The topological polar surface area (TPSA) is 29.1 Å². The first-order valence-electron chi connectivity index (χ1n) is 4.80. The molecule has 0 saturated carbocycles. The van der Waals surface area contributed by atoms with Crippen molar-refractivity contribution in [2.24, 2.45) is 5.92 Å². The molecule has 1 unspecified atom stereocenters. The molecule has 0 saturated heterocycles. The van der Waals surface area contributed by atoms with E-state index >= 15 is 0 Å². The monoisotopic (exact) mass is 181 g/mol. The molecule has 0 spiro atoms. The van der Waals surface area contributed by atoms with Crippen molar-refractivity contribution in [1.29, 1.82) is 0 Å². The third kappa shape index (κ3) is 6.21. The number of terminal acetylenes is 1. The van der Waals surface area contributed by atoms with Crippen LogP contribution in [0, 0.1) is 18.3 Å². The minimum Gasteiger partial charge on any atom is -0.353 e. The summed E-state index contributed by atoms with van der Waals surface area (Å²) < 4.78 is 0. The second kappa shape index (κ2) is 6.54. The molecular weight excluding hydrogens is 162 g/mol. The average molecular weight is 181 g/mol. The van der Waals surface area contributed by atoms with E-state index in [4.69, 9.17) is 6.42 Å². The lowest BCUT2D eigenvalue weighted by atomic mass is 10.1.